The number of aryl methyl sites for hydroxylation is 3. The molecule has 0 radical (unpaired) electrons. The Labute approximate surface area is 146 Å². The van der Waals surface area contributed by atoms with Crippen LogP contribution in [0, 0.1) is 13.8 Å². The van der Waals surface area contributed by atoms with Crippen molar-refractivity contribution in [3.05, 3.63) is 52.4 Å². The molecular formula is C19H25F3N2O. The van der Waals surface area contributed by atoms with E-state index < -0.39 is 11.7 Å². The van der Waals surface area contributed by atoms with Crippen molar-refractivity contribution in [2.24, 2.45) is 0 Å². The van der Waals surface area contributed by atoms with Gasteiger partial charge in [0.2, 0.25) is 0 Å². The van der Waals surface area contributed by atoms with Crippen LogP contribution >= 0.6 is 0 Å². The van der Waals surface area contributed by atoms with Gasteiger partial charge in [-0.25, -0.2) is 0 Å². The Morgan fingerprint density at radius 1 is 1.20 bits per heavy atom. The van der Waals surface area contributed by atoms with Crippen LogP contribution in [0.25, 0.3) is 0 Å². The molecule has 1 atom stereocenters. The zero-order valence-electron chi connectivity index (χ0n) is 14.9. The van der Waals surface area contributed by atoms with Gasteiger partial charge in [0.1, 0.15) is 5.76 Å². The second-order valence-electron chi connectivity index (χ2n) is 6.52. The van der Waals surface area contributed by atoms with E-state index in [1.807, 2.05) is 13.8 Å². The van der Waals surface area contributed by atoms with Crippen molar-refractivity contribution in [2.75, 3.05) is 6.54 Å². The van der Waals surface area contributed by atoms with Gasteiger partial charge in [-0.2, -0.15) is 13.2 Å². The van der Waals surface area contributed by atoms with Gasteiger partial charge in [-0.1, -0.05) is 23.4 Å². The molecule has 2 aromatic rings. The van der Waals surface area contributed by atoms with E-state index in [1.54, 1.807) is 6.07 Å². The van der Waals surface area contributed by atoms with Gasteiger partial charge < -0.3 is 9.84 Å². The van der Waals surface area contributed by atoms with Crippen LogP contribution in [0.3, 0.4) is 0 Å². The summed E-state index contributed by atoms with van der Waals surface area (Å²) >= 11 is 0. The smallest absolute Gasteiger partial charge is 0.361 e. The molecule has 0 aliphatic rings. The molecule has 0 fully saturated rings. The van der Waals surface area contributed by atoms with Crippen molar-refractivity contribution < 1.29 is 17.7 Å². The van der Waals surface area contributed by atoms with Crippen molar-refractivity contribution in [2.45, 2.75) is 58.7 Å². The lowest BCUT2D eigenvalue weighted by atomic mass is 10.0. The van der Waals surface area contributed by atoms with Crippen LogP contribution in [0.4, 0.5) is 13.2 Å². The number of rotatable bonds is 8. The molecule has 0 unspecified atom stereocenters. The molecule has 1 heterocycles. The number of nitrogens with zero attached hydrogens (tertiary/aromatic N) is 1. The van der Waals surface area contributed by atoms with E-state index in [0.29, 0.717) is 12.5 Å². The molecule has 1 N–H and O–H groups in total. The Bertz CT molecular complexity index is 660. The third-order valence-electron chi connectivity index (χ3n) is 4.33. The highest BCUT2D eigenvalue weighted by molar-refractivity contribution is 5.25. The number of alkyl halides is 3. The van der Waals surface area contributed by atoms with Gasteiger partial charge in [-0.3, -0.25) is 0 Å². The summed E-state index contributed by atoms with van der Waals surface area (Å²) in [5.41, 5.74) is 2.23. The molecule has 2 rings (SSSR count). The lowest BCUT2D eigenvalue weighted by Gasteiger charge is -2.13. The molecule has 0 spiro atoms. The Kier molecular flexibility index (Phi) is 6.64. The number of halogens is 3. The number of aromatic nitrogens is 1. The fourth-order valence-corrected chi connectivity index (χ4v) is 2.88. The summed E-state index contributed by atoms with van der Waals surface area (Å²) in [7, 11) is 0. The summed E-state index contributed by atoms with van der Waals surface area (Å²) in [6.07, 6.45) is -0.988. The van der Waals surface area contributed by atoms with Gasteiger partial charge in [-0.05, 0) is 64.6 Å². The molecular weight excluding hydrogens is 329 g/mol. The Balaban J connectivity index is 1.70. The third kappa shape index (κ3) is 5.88. The lowest BCUT2D eigenvalue weighted by molar-refractivity contribution is -0.137. The highest BCUT2D eigenvalue weighted by Crippen LogP contribution is 2.29. The van der Waals surface area contributed by atoms with E-state index >= 15 is 0 Å². The minimum Gasteiger partial charge on any atom is -0.361 e. The average molecular weight is 354 g/mol. The van der Waals surface area contributed by atoms with E-state index in [-0.39, 0.29) is 0 Å². The molecule has 138 valence electrons. The first-order valence-corrected chi connectivity index (χ1v) is 8.58. The maximum atomic E-state index is 12.7. The molecule has 0 aliphatic heterocycles. The predicted octanol–water partition coefficient (Wildman–Crippen LogP) is 4.85. The largest absolute Gasteiger partial charge is 0.416 e. The van der Waals surface area contributed by atoms with Gasteiger partial charge in [0.15, 0.2) is 0 Å². The highest BCUT2D eigenvalue weighted by atomic mass is 19.4. The fourth-order valence-electron chi connectivity index (χ4n) is 2.88. The summed E-state index contributed by atoms with van der Waals surface area (Å²) < 4.78 is 43.2. The minimum atomic E-state index is -4.27. The number of benzene rings is 1. The molecule has 3 nitrogen and oxygen atoms in total. The zero-order chi connectivity index (χ0) is 18.4. The normalized spacial score (nSPS) is 13.2. The van der Waals surface area contributed by atoms with Gasteiger partial charge in [-0.15, -0.1) is 0 Å². The first kappa shape index (κ1) is 19.5. The molecule has 0 amide bonds. The molecule has 0 saturated carbocycles. The lowest BCUT2D eigenvalue weighted by Crippen LogP contribution is -2.29. The molecule has 6 heteroatoms. The van der Waals surface area contributed by atoms with E-state index in [9.17, 15) is 13.2 Å². The summed E-state index contributed by atoms with van der Waals surface area (Å²) in [6, 6.07) is 5.88. The van der Waals surface area contributed by atoms with E-state index in [2.05, 4.69) is 17.4 Å². The van der Waals surface area contributed by atoms with Crippen LogP contribution in [0.2, 0.25) is 0 Å². The third-order valence-corrected chi connectivity index (χ3v) is 4.33. The maximum Gasteiger partial charge on any atom is 0.416 e. The molecule has 0 bridgehead atoms. The average Bonchev–Trinajstić information content (AvgIpc) is 2.86. The fraction of sp³-hybridized carbons (Fsp3) is 0.526. The second-order valence-corrected chi connectivity index (χ2v) is 6.52. The van der Waals surface area contributed by atoms with Crippen molar-refractivity contribution in [3.63, 3.8) is 0 Å². The minimum absolute atomic E-state index is 0.297. The topological polar surface area (TPSA) is 38.1 Å². The van der Waals surface area contributed by atoms with E-state index in [0.717, 1.165) is 54.5 Å². The van der Waals surface area contributed by atoms with Crippen LogP contribution < -0.4 is 5.32 Å². The number of hydrogen-bond acceptors (Lipinski definition) is 3. The van der Waals surface area contributed by atoms with Crippen LogP contribution in [-0.2, 0) is 19.0 Å². The van der Waals surface area contributed by atoms with Crippen LogP contribution in [0.1, 0.15) is 47.9 Å². The number of unbranched alkanes of at least 4 members (excludes halogenated alkanes) is 1. The van der Waals surface area contributed by atoms with Crippen molar-refractivity contribution >= 4 is 0 Å². The van der Waals surface area contributed by atoms with Crippen molar-refractivity contribution in [3.8, 4) is 0 Å². The first-order chi connectivity index (χ1) is 11.8. The molecule has 0 aliphatic carbocycles. The SMILES string of the molecule is Cc1noc(C)c1C[C@@H](C)NCCCCc1cccc(C(F)(F)F)c1. The molecule has 1 aromatic heterocycles. The van der Waals surface area contributed by atoms with Crippen LogP contribution in [0.5, 0.6) is 0 Å². The van der Waals surface area contributed by atoms with Crippen molar-refractivity contribution in [1.82, 2.24) is 10.5 Å². The Morgan fingerprint density at radius 3 is 2.60 bits per heavy atom. The van der Waals surface area contributed by atoms with Gasteiger partial charge in [0.25, 0.3) is 0 Å². The summed E-state index contributed by atoms with van der Waals surface area (Å²) in [5, 5.41) is 7.40. The quantitative estimate of drug-likeness (QED) is 0.689. The standard InChI is InChI=1S/C19H25F3N2O/c1-13(11-18-14(2)24-25-15(18)3)23-10-5-4-7-16-8-6-9-17(12-16)19(20,21)22/h6,8-9,12-13,23H,4-5,7,10-11H2,1-3H3/t13-/m1/s1. The number of hydrogen-bond donors (Lipinski definition) is 1. The monoisotopic (exact) mass is 354 g/mol. The molecule has 0 saturated heterocycles. The highest BCUT2D eigenvalue weighted by Gasteiger charge is 2.30. The second kappa shape index (κ2) is 8.52. The summed E-state index contributed by atoms with van der Waals surface area (Å²) in [4.78, 5) is 0. The van der Waals surface area contributed by atoms with Crippen LogP contribution in [0.15, 0.2) is 28.8 Å². The Hall–Kier alpha value is -1.82. The van der Waals surface area contributed by atoms with Gasteiger partial charge >= 0.3 is 6.18 Å². The zero-order valence-corrected chi connectivity index (χ0v) is 14.9. The van der Waals surface area contributed by atoms with E-state index in [1.165, 1.54) is 12.1 Å². The molecule has 25 heavy (non-hydrogen) atoms. The van der Waals surface area contributed by atoms with Gasteiger partial charge in [0.05, 0.1) is 11.3 Å². The summed E-state index contributed by atoms with van der Waals surface area (Å²) in [5.74, 6) is 0.857. The summed E-state index contributed by atoms with van der Waals surface area (Å²) in [6.45, 7) is 6.80. The van der Waals surface area contributed by atoms with Crippen molar-refractivity contribution in [1.29, 1.82) is 0 Å². The Morgan fingerprint density at radius 2 is 1.96 bits per heavy atom. The van der Waals surface area contributed by atoms with Crippen LogP contribution in [-0.4, -0.2) is 17.7 Å². The molecule has 1 aromatic carbocycles. The number of nitrogens with one attached hydrogen (secondary N) is 1. The predicted molar refractivity (Wildman–Crippen MR) is 91.5 cm³/mol. The maximum absolute atomic E-state index is 12.7. The van der Waals surface area contributed by atoms with E-state index in [4.69, 9.17) is 4.52 Å². The van der Waals surface area contributed by atoms with Gasteiger partial charge in [0, 0.05) is 11.6 Å². The first-order valence-electron chi connectivity index (χ1n) is 8.58.